The molecular weight excluding hydrogens is 313 g/mol. The van der Waals surface area contributed by atoms with Gasteiger partial charge in [-0.2, -0.15) is 0 Å². The summed E-state index contributed by atoms with van der Waals surface area (Å²) in [5.41, 5.74) is 5.24. The standard InChI is InChI=1S/C8H14IN3O3/c9-4(8(10)11)2-12-7-1-5(14)6(3-13)15-7/h2,5-7,12-14H,1,3H2,(H3,10,11)/b4-2+/t5?,6-,7-/m1/s1. The minimum absolute atomic E-state index is 0.0275. The van der Waals surface area contributed by atoms with Crippen molar-refractivity contribution < 1.29 is 14.9 Å². The van der Waals surface area contributed by atoms with E-state index in [-0.39, 0.29) is 18.7 Å². The number of hydrogen-bond acceptors (Lipinski definition) is 5. The Labute approximate surface area is 101 Å². The van der Waals surface area contributed by atoms with Crippen LogP contribution in [0.4, 0.5) is 0 Å². The molecule has 86 valence electrons. The largest absolute Gasteiger partial charge is 0.394 e. The maximum atomic E-state index is 9.42. The molecule has 0 amide bonds. The molecule has 1 fully saturated rings. The highest BCUT2D eigenvalue weighted by molar-refractivity contribution is 14.1. The number of amidine groups is 1. The minimum Gasteiger partial charge on any atom is -0.394 e. The van der Waals surface area contributed by atoms with E-state index in [4.69, 9.17) is 21.0 Å². The van der Waals surface area contributed by atoms with Gasteiger partial charge in [-0.25, -0.2) is 0 Å². The van der Waals surface area contributed by atoms with E-state index in [1.54, 1.807) is 6.20 Å². The number of halogens is 1. The lowest BCUT2D eigenvalue weighted by Gasteiger charge is -2.12. The predicted octanol–water partition coefficient (Wildman–Crippen LogP) is -0.743. The molecule has 7 heteroatoms. The Bertz CT molecular complexity index is 272. The molecule has 1 saturated heterocycles. The molecule has 1 aliphatic rings. The van der Waals surface area contributed by atoms with E-state index in [9.17, 15) is 5.11 Å². The van der Waals surface area contributed by atoms with Crippen molar-refractivity contribution in [1.82, 2.24) is 5.32 Å². The second-order valence-corrected chi connectivity index (χ2v) is 4.38. The molecule has 1 unspecified atom stereocenters. The number of aliphatic hydroxyl groups excluding tert-OH is 2. The number of nitrogens with two attached hydrogens (primary N) is 1. The van der Waals surface area contributed by atoms with Gasteiger partial charge in [0, 0.05) is 12.6 Å². The van der Waals surface area contributed by atoms with Crippen molar-refractivity contribution in [2.24, 2.45) is 5.73 Å². The van der Waals surface area contributed by atoms with Gasteiger partial charge in [0.2, 0.25) is 0 Å². The molecule has 0 aromatic heterocycles. The predicted molar refractivity (Wildman–Crippen MR) is 63.5 cm³/mol. The molecule has 0 radical (unpaired) electrons. The van der Waals surface area contributed by atoms with Crippen molar-refractivity contribution in [3.63, 3.8) is 0 Å². The van der Waals surface area contributed by atoms with E-state index in [1.807, 2.05) is 22.6 Å². The van der Waals surface area contributed by atoms with Crippen LogP contribution in [0.25, 0.3) is 0 Å². The van der Waals surface area contributed by atoms with E-state index < -0.39 is 12.2 Å². The topological polar surface area (TPSA) is 112 Å². The maximum absolute atomic E-state index is 9.42. The molecule has 1 aliphatic heterocycles. The first-order valence-electron chi connectivity index (χ1n) is 4.45. The molecule has 1 heterocycles. The smallest absolute Gasteiger partial charge is 0.130 e. The average molecular weight is 327 g/mol. The molecule has 0 saturated carbocycles. The Hall–Kier alpha value is -0.380. The van der Waals surface area contributed by atoms with Gasteiger partial charge in [0.1, 0.15) is 18.2 Å². The first-order valence-corrected chi connectivity index (χ1v) is 5.53. The molecule has 0 aliphatic carbocycles. The zero-order chi connectivity index (χ0) is 11.4. The quantitative estimate of drug-likeness (QED) is 0.265. The van der Waals surface area contributed by atoms with Gasteiger partial charge in [-0.15, -0.1) is 0 Å². The van der Waals surface area contributed by atoms with E-state index in [1.165, 1.54) is 0 Å². The molecule has 15 heavy (non-hydrogen) atoms. The third-order valence-electron chi connectivity index (χ3n) is 2.06. The average Bonchev–Trinajstić information content (AvgIpc) is 2.55. The van der Waals surface area contributed by atoms with Gasteiger partial charge in [-0.05, 0) is 22.6 Å². The van der Waals surface area contributed by atoms with Crippen LogP contribution >= 0.6 is 22.6 Å². The molecule has 0 aromatic rings. The molecule has 6 N–H and O–H groups in total. The monoisotopic (exact) mass is 327 g/mol. The van der Waals surface area contributed by atoms with Crippen LogP contribution in [0.1, 0.15) is 6.42 Å². The fourth-order valence-electron chi connectivity index (χ4n) is 1.24. The van der Waals surface area contributed by atoms with Crippen LogP contribution in [0.2, 0.25) is 0 Å². The van der Waals surface area contributed by atoms with Crippen LogP contribution in [0, 0.1) is 5.41 Å². The summed E-state index contributed by atoms with van der Waals surface area (Å²) in [7, 11) is 0. The summed E-state index contributed by atoms with van der Waals surface area (Å²) in [6, 6.07) is 0. The lowest BCUT2D eigenvalue weighted by atomic mass is 10.2. The molecule has 0 bridgehead atoms. The lowest BCUT2D eigenvalue weighted by Crippen LogP contribution is -2.27. The van der Waals surface area contributed by atoms with Crippen molar-refractivity contribution in [3.8, 4) is 0 Å². The Morgan fingerprint density at radius 2 is 2.40 bits per heavy atom. The molecular formula is C8H14IN3O3. The molecule has 6 nitrogen and oxygen atoms in total. The van der Waals surface area contributed by atoms with Gasteiger partial charge in [-0.1, -0.05) is 0 Å². The second-order valence-electron chi connectivity index (χ2n) is 3.22. The lowest BCUT2D eigenvalue weighted by molar-refractivity contribution is -0.0270. The molecule has 3 atom stereocenters. The maximum Gasteiger partial charge on any atom is 0.130 e. The molecule has 0 aromatic carbocycles. The highest BCUT2D eigenvalue weighted by Gasteiger charge is 2.32. The summed E-state index contributed by atoms with van der Waals surface area (Å²) in [6.45, 7) is -0.202. The number of aliphatic hydroxyl groups is 2. The first kappa shape index (κ1) is 12.7. The summed E-state index contributed by atoms with van der Waals surface area (Å²) < 4.78 is 5.85. The van der Waals surface area contributed by atoms with Crippen molar-refractivity contribution >= 4 is 28.4 Å². The highest BCUT2D eigenvalue weighted by Crippen LogP contribution is 2.18. The van der Waals surface area contributed by atoms with Crippen molar-refractivity contribution in [3.05, 3.63) is 9.78 Å². The van der Waals surface area contributed by atoms with Gasteiger partial charge < -0.3 is 26.0 Å². The van der Waals surface area contributed by atoms with Gasteiger partial charge in [0.15, 0.2) is 0 Å². The first-order chi connectivity index (χ1) is 7.04. The SMILES string of the molecule is N=C(N)/C(I)=C\N[C@H]1CC(O)[C@@H](CO)O1. The summed E-state index contributed by atoms with van der Waals surface area (Å²) in [4.78, 5) is 0. The molecule has 1 rings (SSSR count). The van der Waals surface area contributed by atoms with Crippen molar-refractivity contribution in [2.75, 3.05) is 6.61 Å². The minimum atomic E-state index is -0.657. The normalized spacial score (nSPS) is 31.7. The third kappa shape index (κ3) is 3.59. The van der Waals surface area contributed by atoms with Crippen molar-refractivity contribution in [1.29, 1.82) is 5.41 Å². The number of hydrogen-bond donors (Lipinski definition) is 5. The Balaban J connectivity index is 2.42. The Kier molecular flexibility index (Phi) is 4.77. The zero-order valence-corrected chi connectivity index (χ0v) is 10.1. The highest BCUT2D eigenvalue weighted by atomic mass is 127. The molecule has 0 spiro atoms. The van der Waals surface area contributed by atoms with Crippen molar-refractivity contribution in [2.45, 2.75) is 24.9 Å². The number of nitrogens with one attached hydrogen (secondary N) is 2. The van der Waals surface area contributed by atoms with Gasteiger partial charge in [-0.3, -0.25) is 5.41 Å². The van der Waals surface area contributed by atoms with E-state index in [0.717, 1.165) is 0 Å². The van der Waals surface area contributed by atoms with Crippen LogP contribution in [-0.2, 0) is 4.74 Å². The number of rotatable bonds is 4. The van der Waals surface area contributed by atoms with Crippen LogP contribution < -0.4 is 11.1 Å². The third-order valence-corrected chi connectivity index (χ3v) is 2.95. The van der Waals surface area contributed by atoms with E-state index >= 15 is 0 Å². The summed E-state index contributed by atoms with van der Waals surface area (Å²) in [5, 5.41) is 28.3. The fourth-order valence-corrected chi connectivity index (χ4v) is 1.42. The zero-order valence-electron chi connectivity index (χ0n) is 7.98. The Morgan fingerprint density at radius 1 is 1.73 bits per heavy atom. The van der Waals surface area contributed by atoms with Gasteiger partial charge >= 0.3 is 0 Å². The van der Waals surface area contributed by atoms with E-state index in [2.05, 4.69) is 5.32 Å². The second kappa shape index (κ2) is 5.64. The summed E-state index contributed by atoms with van der Waals surface area (Å²) in [6.07, 6.45) is 0.423. The van der Waals surface area contributed by atoms with Crippen LogP contribution in [0.5, 0.6) is 0 Å². The van der Waals surface area contributed by atoms with Gasteiger partial charge in [0.25, 0.3) is 0 Å². The summed E-state index contributed by atoms with van der Waals surface area (Å²) >= 11 is 1.92. The van der Waals surface area contributed by atoms with Crippen LogP contribution in [0.15, 0.2) is 9.78 Å². The summed E-state index contributed by atoms with van der Waals surface area (Å²) in [5.74, 6) is -0.0275. The van der Waals surface area contributed by atoms with Crippen LogP contribution in [0.3, 0.4) is 0 Å². The van der Waals surface area contributed by atoms with Crippen LogP contribution in [-0.4, -0.2) is 41.1 Å². The Morgan fingerprint density at radius 3 is 2.87 bits per heavy atom. The van der Waals surface area contributed by atoms with E-state index in [0.29, 0.717) is 10.0 Å². The number of ether oxygens (including phenoxy) is 1. The fraction of sp³-hybridized carbons (Fsp3) is 0.625. The van der Waals surface area contributed by atoms with Gasteiger partial charge in [0.05, 0.1) is 16.3 Å².